The summed E-state index contributed by atoms with van der Waals surface area (Å²) in [6.45, 7) is 1.27. The van der Waals surface area contributed by atoms with Crippen molar-refractivity contribution in [3.05, 3.63) is 58.9 Å². The van der Waals surface area contributed by atoms with Gasteiger partial charge in [-0.25, -0.2) is 9.18 Å². The van der Waals surface area contributed by atoms with Crippen molar-refractivity contribution in [2.24, 2.45) is 0 Å². The van der Waals surface area contributed by atoms with Crippen LogP contribution in [0.5, 0.6) is 5.75 Å². The summed E-state index contributed by atoms with van der Waals surface area (Å²) in [6, 6.07) is 6.28. The molecule has 0 fully saturated rings. The maximum Gasteiger partial charge on any atom is 0.419 e. The molecule has 0 radical (unpaired) electrons. The molecule has 0 aliphatic carbocycles. The zero-order valence-corrected chi connectivity index (χ0v) is 14.1. The fourth-order valence-electron chi connectivity index (χ4n) is 2.18. The molecule has 2 rings (SSSR count). The Morgan fingerprint density at radius 1 is 1.15 bits per heavy atom. The van der Waals surface area contributed by atoms with Crippen molar-refractivity contribution >= 4 is 17.6 Å². The van der Waals surface area contributed by atoms with Crippen molar-refractivity contribution in [3.63, 3.8) is 0 Å². The molecule has 0 unspecified atom stereocenters. The maximum absolute atomic E-state index is 13.3. The van der Waals surface area contributed by atoms with Crippen LogP contribution in [0.2, 0.25) is 0 Å². The number of hydrogen-bond donors (Lipinski definition) is 2. The summed E-state index contributed by atoms with van der Waals surface area (Å²) in [5.41, 5.74) is -1.51. The van der Waals surface area contributed by atoms with Gasteiger partial charge in [0.1, 0.15) is 18.2 Å². The van der Waals surface area contributed by atoms with E-state index in [9.17, 15) is 32.3 Å². The molecule has 2 aromatic rings. The van der Waals surface area contributed by atoms with Crippen molar-refractivity contribution in [1.82, 2.24) is 0 Å². The number of carbonyl (C=O) groups excluding carboxylic acids is 1. The van der Waals surface area contributed by atoms with E-state index in [2.05, 4.69) is 5.32 Å². The van der Waals surface area contributed by atoms with Crippen LogP contribution < -0.4 is 10.1 Å². The molecule has 0 bridgehead atoms. The molecule has 0 saturated heterocycles. The van der Waals surface area contributed by atoms with E-state index >= 15 is 0 Å². The molecule has 1 amide bonds. The Morgan fingerprint density at radius 3 is 2.44 bits per heavy atom. The normalized spacial score (nSPS) is 11.1. The zero-order valence-electron chi connectivity index (χ0n) is 14.1. The number of halogens is 4. The second kappa shape index (κ2) is 8.07. The van der Waals surface area contributed by atoms with Gasteiger partial charge in [0.2, 0.25) is 5.91 Å². The van der Waals surface area contributed by atoms with Crippen LogP contribution >= 0.6 is 0 Å². The highest BCUT2D eigenvalue weighted by Crippen LogP contribution is 2.32. The van der Waals surface area contributed by atoms with Crippen LogP contribution in [0.1, 0.15) is 34.8 Å². The van der Waals surface area contributed by atoms with E-state index in [4.69, 9.17) is 4.74 Å². The van der Waals surface area contributed by atoms with Crippen LogP contribution in [0.3, 0.4) is 0 Å². The lowest BCUT2D eigenvalue weighted by Crippen LogP contribution is -2.13. The van der Waals surface area contributed by atoms with Crippen LogP contribution in [-0.2, 0) is 17.6 Å². The number of carboxylic acid groups (broad SMARTS) is 1. The van der Waals surface area contributed by atoms with Crippen molar-refractivity contribution in [2.75, 3.05) is 5.32 Å². The number of carbonyl (C=O) groups is 2. The summed E-state index contributed by atoms with van der Waals surface area (Å²) in [4.78, 5) is 22.8. The van der Waals surface area contributed by atoms with Gasteiger partial charge in [-0.3, -0.25) is 4.79 Å². The molecule has 0 spiro atoms. The van der Waals surface area contributed by atoms with Crippen molar-refractivity contribution in [1.29, 1.82) is 0 Å². The van der Waals surface area contributed by atoms with Crippen molar-refractivity contribution in [3.8, 4) is 5.75 Å². The fourth-order valence-corrected chi connectivity index (χ4v) is 2.18. The average molecular weight is 385 g/mol. The Kier molecular flexibility index (Phi) is 6.04. The second-order valence-corrected chi connectivity index (χ2v) is 5.51. The van der Waals surface area contributed by atoms with Gasteiger partial charge in [0.05, 0.1) is 16.8 Å². The third kappa shape index (κ3) is 5.19. The number of rotatable bonds is 6. The largest absolute Gasteiger partial charge is 0.489 e. The summed E-state index contributed by atoms with van der Waals surface area (Å²) < 4.78 is 56.8. The number of amides is 1. The number of benzene rings is 2. The highest BCUT2D eigenvalue weighted by molar-refractivity contribution is 6.00. The Bertz CT molecular complexity index is 865. The Balaban J connectivity index is 2.20. The Morgan fingerprint density at radius 2 is 1.85 bits per heavy atom. The van der Waals surface area contributed by atoms with Gasteiger partial charge in [0.15, 0.2) is 0 Å². The maximum atomic E-state index is 13.3. The first-order valence-corrected chi connectivity index (χ1v) is 7.77. The SMILES string of the molecule is CCC(=O)Nc1ccc(OCc2ccc(F)c(C(F)(F)F)c2)cc1C(=O)O. The summed E-state index contributed by atoms with van der Waals surface area (Å²) >= 11 is 0. The Hall–Kier alpha value is -3.10. The first-order valence-electron chi connectivity index (χ1n) is 7.77. The molecule has 0 heterocycles. The predicted octanol–water partition coefficient (Wildman–Crippen LogP) is 4.47. The number of anilines is 1. The van der Waals surface area contributed by atoms with Crippen LogP contribution in [0.25, 0.3) is 0 Å². The highest BCUT2D eigenvalue weighted by Gasteiger charge is 2.34. The smallest absolute Gasteiger partial charge is 0.419 e. The van der Waals surface area contributed by atoms with Gasteiger partial charge in [-0.2, -0.15) is 13.2 Å². The van der Waals surface area contributed by atoms with Gasteiger partial charge >= 0.3 is 12.1 Å². The molecule has 0 aliphatic heterocycles. The second-order valence-electron chi connectivity index (χ2n) is 5.51. The molecule has 27 heavy (non-hydrogen) atoms. The number of aromatic carboxylic acids is 1. The molecular formula is C18H15F4NO4. The Labute approximate surface area is 151 Å². The molecule has 2 N–H and O–H groups in total. The lowest BCUT2D eigenvalue weighted by atomic mass is 10.1. The molecule has 9 heteroatoms. The lowest BCUT2D eigenvalue weighted by molar-refractivity contribution is -0.140. The summed E-state index contributed by atoms with van der Waals surface area (Å²) in [7, 11) is 0. The lowest BCUT2D eigenvalue weighted by Gasteiger charge is -2.13. The first-order chi connectivity index (χ1) is 12.6. The van der Waals surface area contributed by atoms with Crippen molar-refractivity contribution < 1.29 is 37.0 Å². The molecule has 0 aliphatic rings. The third-order valence-corrected chi connectivity index (χ3v) is 3.56. The molecular weight excluding hydrogens is 370 g/mol. The van der Waals surface area contributed by atoms with Gasteiger partial charge in [-0.1, -0.05) is 13.0 Å². The van der Waals surface area contributed by atoms with E-state index < -0.39 is 23.5 Å². The molecule has 0 saturated carbocycles. The monoisotopic (exact) mass is 385 g/mol. The van der Waals surface area contributed by atoms with Crippen LogP contribution in [0.4, 0.5) is 23.2 Å². The topological polar surface area (TPSA) is 75.6 Å². The summed E-state index contributed by atoms with van der Waals surface area (Å²) in [6.07, 6.45) is -4.68. The molecule has 2 aromatic carbocycles. The summed E-state index contributed by atoms with van der Waals surface area (Å²) in [5.74, 6) is -3.01. The van der Waals surface area contributed by atoms with Crippen LogP contribution in [-0.4, -0.2) is 17.0 Å². The van der Waals surface area contributed by atoms with E-state index in [0.717, 1.165) is 12.1 Å². The quantitative estimate of drug-likeness (QED) is 0.720. The van der Waals surface area contributed by atoms with Crippen molar-refractivity contribution in [2.45, 2.75) is 26.1 Å². The van der Waals surface area contributed by atoms with E-state index in [1.54, 1.807) is 6.92 Å². The van der Waals surface area contributed by atoms with E-state index in [-0.39, 0.29) is 41.5 Å². The fraction of sp³-hybridized carbons (Fsp3) is 0.222. The molecule has 0 aromatic heterocycles. The number of alkyl halides is 3. The highest BCUT2D eigenvalue weighted by atomic mass is 19.4. The van der Waals surface area contributed by atoms with E-state index in [1.807, 2.05) is 0 Å². The zero-order chi connectivity index (χ0) is 20.2. The van der Waals surface area contributed by atoms with Gasteiger partial charge in [-0.05, 0) is 35.9 Å². The minimum atomic E-state index is -4.84. The standard InChI is InChI=1S/C18H15F4NO4/c1-2-16(24)23-15-6-4-11(8-12(15)17(25)26)27-9-10-3-5-14(19)13(7-10)18(20,21)22/h3-8H,2,9H2,1H3,(H,23,24)(H,25,26). The van der Waals surface area contributed by atoms with Gasteiger partial charge in [0, 0.05) is 6.42 Å². The molecule has 0 atom stereocenters. The van der Waals surface area contributed by atoms with E-state index in [1.165, 1.54) is 12.1 Å². The number of nitrogens with one attached hydrogen (secondary N) is 1. The number of ether oxygens (including phenoxy) is 1. The first kappa shape index (κ1) is 20.2. The van der Waals surface area contributed by atoms with Gasteiger partial charge in [-0.15, -0.1) is 0 Å². The van der Waals surface area contributed by atoms with Gasteiger partial charge < -0.3 is 15.2 Å². The van der Waals surface area contributed by atoms with Gasteiger partial charge in [0.25, 0.3) is 0 Å². The minimum absolute atomic E-state index is 0.0592. The van der Waals surface area contributed by atoms with Crippen LogP contribution in [0.15, 0.2) is 36.4 Å². The molecule has 5 nitrogen and oxygen atoms in total. The van der Waals surface area contributed by atoms with E-state index in [0.29, 0.717) is 12.1 Å². The summed E-state index contributed by atoms with van der Waals surface area (Å²) in [5, 5.41) is 11.7. The number of carboxylic acids is 1. The third-order valence-electron chi connectivity index (χ3n) is 3.56. The van der Waals surface area contributed by atoms with Crippen LogP contribution in [0, 0.1) is 5.82 Å². The number of hydrogen-bond acceptors (Lipinski definition) is 3. The minimum Gasteiger partial charge on any atom is -0.489 e. The average Bonchev–Trinajstić information content (AvgIpc) is 2.60. The predicted molar refractivity (Wildman–Crippen MR) is 88.1 cm³/mol. The molecule has 144 valence electrons.